The van der Waals surface area contributed by atoms with Crippen LogP contribution in [0.2, 0.25) is 0 Å². The van der Waals surface area contributed by atoms with Gasteiger partial charge >= 0.3 is 5.82 Å². The van der Waals surface area contributed by atoms with Crippen LogP contribution in [0.5, 0.6) is 0 Å². The topological polar surface area (TPSA) is 97.6 Å². The molecule has 128 valence electrons. The molecule has 0 N–H and O–H groups in total. The number of nitro groups is 1. The van der Waals surface area contributed by atoms with E-state index in [1.165, 1.54) is 10.7 Å². The summed E-state index contributed by atoms with van der Waals surface area (Å²) in [6.45, 7) is 5.26. The van der Waals surface area contributed by atoms with Gasteiger partial charge in [0, 0.05) is 26.2 Å². The second-order valence-corrected chi connectivity index (χ2v) is 5.79. The molecule has 0 atom stereocenters. The van der Waals surface area contributed by atoms with Gasteiger partial charge in [0.05, 0.1) is 29.7 Å². The van der Waals surface area contributed by atoms with Gasteiger partial charge in [-0.15, -0.1) is 0 Å². The van der Waals surface area contributed by atoms with Crippen LogP contribution in [-0.2, 0) is 17.9 Å². The number of rotatable bonds is 5. The third-order valence-corrected chi connectivity index (χ3v) is 4.12. The highest BCUT2D eigenvalue weighted by atomic mass is 16.6. The highest BCUT2D eigenvalue weighted by molar-refractivity contribution is 5.76. The molecule has 3 rings (SSSR count). The van der Waals surface area contributed by atoms with Crippen molar-refractivity contribution >= 4 is 11.7 Å². The summed E-state index contributed by atoms with van der Waals surface area (Å²) in [5.74, 6) is 0.603. The smallest absolute Gasteiger partial charge is 0.390 e. The van der Waals surface area contributed by atoms with Gasteiger partial charge in [-0.1, -0.05) is 0 Å². The quantitative estimate of drug-likeness (QED) is 0.599. The van der Waals surface area contributed by atoms with Crippen LogP contribution in [0.15, 0.2) is 28.9 Å². The molecule has 0 radical (unpaired) electrons. The van der Waals surface area contributed by atoms with E-state index in [4.69, 9.17) is 4.42 Å². The van der Waals surface area contributed by atoms with Crippen molar-refractivity contribution in [3.63, 3.8) is 0 Å². The summed E-state index contributed by atoms with van der Waals surface area (Å²) in [6.07, 6.45) is 1.65. The first-order valence-electron chi connectivity index (χ1n) is 7.74. The van der Waals surface area contributed by atoms with Crippen molar-refractivity contribution in [3.8, 4) is 0 Å². The fraction of sp³-hybridized carbons (Fsp3) is 0.467. The molecule has 24 heavy (non-hydrogen) atoms. The van der Waals surface area contributed by atoms with Crippen LogP contribution in [0.4, 0.5) is 5.82 Å². The van der Waals surface area contributed by atoms with Gasteiger partial charge in [0.15, 0.2) is 0 Å². The molecule has 1 fully saturated rings. The Morgan fingerprint density at radius 1 is 1.38 bits per heavy atom. The van der Waals surface area contributed by atoms with E-state index in [0.717, 1.165) is 25.4 Å². The molecular formula is C15H19N5O4. The maximum absolute atomic E-state index is 12.4. The summed E-state index contributed by atoms with van der Waals surface area (Å²) >= 11 is 0. The second-order valence-electron chi connectivity index (χ2n) is 5.79. The van der Waals surface area contributed by atoms with Gasteiger partial charge in [-0.25, -0.2) is 0 Å². The first-order chi connectivity index (χ1) is 11.5. The van der Waals surface area contributed by atoms with E-state index in [0.29, 0.717) is 18.8 Å². The number of carbonyl (C=O) groups is 1. The Bertz CT molecular complexity index is 716. The van der Waals surface area contributed by atoms with E-state index < -0.39 is 4.92 Å². The van der Waals surface area contributed by atoms with Crippen LogP contribution in [0, 0.1) is 17.0 Å². The van der Waals surface area contributed by atoms with Crippen molar-refractivity contribution in [3.05, 3.63) is 46.0 Å². The first kappa shape index (κ1) is 16.2. The Hall–Kier alpha value is -2.68. The number of hydrogen-bond donors (Lipinski definition) is 0. The molecule has 9 nitrogen and oxygen atoms in total. The Kier molecular flexibility index (Phi) is 4.61. The first-order valence-corrected chi connectivity index (χ1v) is 7.74. The van der Waals surface area contributed by atoms with Crippen LogP contribution in [0.25, 0.3) is 0 Å². The van der Waals surface area contributed by atoms with Crippen molar-refractivity contribution in [1.82, 2.24) is 19.6 Å². The van der Waals surface area contributed by atoms with E-state index in [9.17, 15) is 14.9 Å². The minimum atomic E-state index is -0.554. The SMILES string of the molecule is Cc1cc([N+](=O)[O-])nn1CC(=O)N1CCN(Cc2ccco2)CC1. The van der Waals surface area contributed by atoms with Crippen LogP contribution in [0.3, 0.4) is 0 Å². The molecule has 1 aliphatic heterocycles. The molecule has 2 aromatic rings. The molecule has 3 heterocycles. The summed E-state index contributed by atoms with van der Waals surface area (Å²) in [5.41, 5.74) is 0.603. The third kappa shape index (κ3) is 3.62. The fourth-order valence-corrected chi connectivity index (χ4v) is 2.75. The molecule has 0 bridgehead atoms. The number of aryl methyl sites for hydroxylation is 1. The maximum Gasteiger partial charge on any atom is 0.390 e. The number of piperazine rings is 1. The Morgan fingerprint density at radius 3 is 2.71 bits per heavy atom. The Labute approximate surface area is 138 Å². The van der Waals surface area contributed by atoms with E-state index in [2.05, 4.69) is 10.00 Å². The molecule has 0 aliphatic carbocycles. The number of carbonyl (C=O) groups excluding carboxylic acids is 1. The van der Waals surface area contributed by atoms with Crippen molar-refractivity contribution < 1.29 is 14.1 Å². The number of hydrogen-bond acceptors (Lipinski definition) is 6. The lowest BCUT2D eigenvalue weighted by molar-refractivity contribution is -0.389. The average molecular weight is 333 g/mol. The van der Waals surface area contributed by atoms with Gasteiger partial charge in [0.2, 0.25) is 5.91 Å². The lowest BCUT2D eigenvalue weighted by Crippen LogP contribution is -2.49. The molecule has 0 aromatic carbocycles. The molecule has 0 saturated carbocycles. The molecular weight excluding hydrogens is 314 g/mol. The number of furan rings is 1. The van der Waals surface area contributed by atoms with Gasteiger partial charge in [-0.05, 0) is 24.0 Å². The normalized spacial score (nSPS) is 15.6. The van der Waals surface area contributed by atoms with E-state index in [1.54, 1.807) is 18.1 Å². The van der Waals surface area contributed by atoms with E-state index >= 15 is 0 Å². The van der Waals surface area contributed by atoms with Crippen LogP contribution in [-0.4, -0.2) is 56.6 Å². The van der Waals surface area contributed by atoms with Crippen LogP contribution < -0.4 is 0 Å². The summed E-state index contributed by atoms with van der Waals surface area (Å²) in [7, 11) is 0. The fourth-order valence-electron chi connectivity index (χ4n) is 2.75. The van der Waals surface area contributed by atoms with Gasteiger partial charge in [0.1, 0.15) is 12.3 Å². The maximum atomic E-state index is 12.4. The minimum absolute atomic E-state index is 0.0257. The molecule has 0 spiro atoms. The van der Waals surface area contributed by atoms with Gasteiger partial charge in [-0.3, -0.25) is 9.69 Å². The van der Waals surface area contributed by atoms with Crippen molar-refractivity contribution in [2.45, 2.75) is 20.0 Å². The van der Waals surface area contributed by atoms with E-state index in [-0.39, 0.29) is 18.3 Å². The largest absolute Gasteiger partial charge is 0.468 e. The molecule has 1 amide bonds. The highest BCUT2D eigenvalue weighted by Crippen LogP contribution is 2.13. The van der Waals surface area contributed by atoms with Gasteiger partial charge in [0.25, 0.3) is 0 Å². The van der Waals surface area contributed by atoms with Crippen molar-refractivity contribution in [2.75, 3.05) is 26.2 Å². The van der Waals surface area contributed by atoms with Crippen molar-refractivity contribution in [1.29, 1.82) is 0 Å². The third-order valence-electron chi connectivity index (χ3n) is 4.12. The number of nitrogens with zero attached hydrogens (tertiary/aromatic N) is 5. The van der Waals surface area contributed by atoms with Gasteiger partial charge in [-0.2, -0.15) is 4.68 Å². The van der Waals surface area contributed by atoms with Crippen LogP contribution >= 0.6 is 0 Å². The summed E-state index contributed by atoms with van der Waals surface area (Å²) in [5, 5.41) is 14.6. The summed E-state index contributed by atoms with van der Waals surface area (Å²) < 4.78 is 6.72. The Balaban J connectivity index is 1.52. The number of aromatic nitrogens is 2. The predicted molar refractivity (Wildman–Crippen MR) is 84.2 cm³/mol. The van der Waals surface area contributed by atoms with Crippen molar-refractivity contribution in [2.24, 2.45) is 0 Å². The highest BCUT2D eigenvalue weighted by Gasteiger charge is 2.24. The summed E-state index contributed by atoms with van der Waals surface area (Å²) in [6, 6.07) is 5.17. The molecule has 9 heteroatoms. The predicted octanol–water partition coefficient (Wildman–Crippen LogP) is 1.04. The zero-order valence-corrected chi connectivity index (χ0v) is 13.4. The van der Waals surface area contributed by atoms with Crippen LogP contribution in [0.1, 0.15) is 11.5 Å². The molecule has 1 saturated heterocycles. The minimum Gasteiger partial charge on any atom is -0.468 e. The average Bonchev–Trinajstić information content (AvgIpc) is 3.18. The number of amides is 1. The Morgan fingerprint density at radius 2 is 2.12 bits per heavy atom. The standard InChI is InChI=1S/C15H19N5O4/c1-12-9-14(20(22)23)16-19(12)11-15(21)18-6-4-17(5-7-18)10-13-3-2-8-24-13/h2-3,8-9H,4-7,10-11H2,1H3. The lowest BCUT2D eigenvalue weighted by Gasteiger charge is -2.34. The zero-order valence-electron chi connectivity index (χ0n) is 13.4. The monoisotopic (exact) mass is 333 g/mol. The van der Waals surface area contributed by atoms with Gasteiger partial charge < -0.3 is 19.4 Å². The second kappa shape index (κ2) is 6.83. The molecule has 1 aliphatic rings. The zero-order chi connectivity index (χ0) is 17.1. The summed E-state index contributed by atoms with van der Waals surface area (Å²) in [4.78, 5) is 26.6. The molecule has 0 unspecified atom stereocenters. The van der Waals surface area contributed by atoms with E-state index in [1.807, 2.05) is 12.1 Å². The molecule has 2 aromatic heterocycles. The lowest BCUT2D eigenvalue weighted by atomic mass is 10.3.